The molecule has 4 nitrogen and oxygen atoms in total. The monoisotopic (exact) mass is 534 g/mol. The van der Waals surface area contributed by atoms with Crippen LogP contribution in [0, 0.1) is 6.92 Å². The van der Waals surface area contributed by atoms with Gasteiger partial charge in [0.15, 0.2) is 0 Å². The molecule has 0 radical (unpaired) electrons. The Bertz CT molecular complexity index is 1190. The van der Waals surface area contributed by atoms with Gasteiger partial charge in [-0.3, -0.25) is 0 Å². The number of benzene rings is 2. The second-order valence-corrected chi connectivity index (χ2v) is 10.6. The van der Waals surface area contributed by atoms with Gasteiger partial charge in [-0.25, -0.2) is 14.1 Å². The molecule has 0 N–H and O–H groups in total. The van der Waals surface area contributed by atoms with Gasteiger partial charge in [0, 0.05) is 19.9 Å². The van der Waals surface area contributed by atoms with Crippen molar-refractivity contribution in [3.63, 3.8) is 0 Å². The molecule has 4 aromatic rings. The van der Waals surface area contributed by atoms with Gasteiger partial charge < -0.3 is 17.0 Å². The fourth-order valence-corrected chi connectivity index (χ4v) is 5.46. The average molecular weight is 535 g/mol. The Balaban J connectivity index is 0.000000254. The lowest BCUT2D eigenvalue weighted by Gasteiger charge is -2.03. The zero-order valence-corrected chi connectivity index (χ0v) is 24.4. The molecule has 2 aromatic carbocycles. The third-order valence-corrected chi connectivity index (χ3v) is 7.72. The second kappa shape index (κ2) is 16.4. The molecule has 0 spiro atoms. The maximum Gasteiger partial charge on any atom is 0.253 e. The molecule has 0 fully saturated rings. The first-order chi connectivity index (χ1) is 18.3. The molecule has 0 atom stereocenters. The molecular formula is C33H47ClN4. The molecule has 0 unspecified atom stereocenters. The molecule has 0 saturated carbocycles. The molecular weight excluding hydrogens is 488 g/mol. The molecule has 1 aliphatic rings. The van der Waals surface area contributed by atoms with Crippen molar-refractivity contribution >= 4 is 11.0 Å². The fourth-order valence-electron chi connectivity index (χ4n) is 5.46. The molecule has 0 saturated heterocycles. The lowest BCUT2D eigenvalue weighted by Crippen LogP contribution is -3.00. The number of unbranched alkanes of at least 4 members (excludes halogenated alkanes) is 9. The van der Waals surface area contributed by atoms with Crippen molar-refractivity contribution in [2.75, 3.05) is 0 Å². The standard InChI is InChI=1S/C23H37N2.C10H10N2.ClH/c1-3-4-5-6-7-8-9-10-11-15-18-24-19-20-25(22(24)2)21-23-16-13-12-14-17-23;1-2-5-9-8(4-1)11-10-6-3-7-12(9)10;/h12-14,16-17,19-20H,3-11,15,18,21H2,1-2H3;1-2,4-5H,3,6-7H2;1H/q+1;;/p-1. The van der Waals surface area contributed by atoms with Gasteiger partial charge in [0.25, 0.3) is 5.82 Å². The smallest absolute Gasteiger partial charge is 0.253 e. The van der Waals surface area contributed by atoms with Crippen LogP contribution in [0.1, 0.15) is 94.8 Å². The van der Waals surface area contributed by atoms with Crippen LogP contribution < -0.4 is 17.0 Å². The molecule has 1 aliphatic heterocycles. The number of para-hydroxylation sites is 2. The second-order valence-electron chi connectivity index (χ2n) is 10.6. The van der Waals surface area contributed by atoms with Crippen molar-refractivity contribution in [1.29, 1.82) is 0 Å². The maximum atomic E-state index is 4.56. The molecule has 0 aliphatic carbocycles. The van der Waals surface area contributed by atoms with Gasteiger partial charge in [0.1, 0.15) is 24.8 Å². The topological polar surface area (TPSA) is 26.6 Å². The van der Waals surface area contributed by atoms with E-state index in [4.69, 9.17) is 0 Å². The van der Waals surface area contributed by atoms with Gasteiger partial charge in [0.2, 0.25) is 0 Å². The third-order valence-electron chi connectivity index (χ3n) is 7.72. The summed E-state index contributed by atoms with van der Waals surface area (Å²) in [7, 11) is 0. The summed E-state index contributed by atoms with van der Waals surface area (Å²) in [6, 6.07) is 19.1. The fraction of sp³-hybridized carbons (Fsp3) is 0.515. The normalized spacial score (nSPS) is 12.2. The summed E-state index contributed by atoms with van der Waals surface area (Å²) in [6.45, 7) is 7.80. The van der Waals surface area contributed by atoms with Gasteiger partial charge in [-0.1, -0.05) is 101 Å². The van der Waals surface area contributed by atoms with Crippen LogP contribution in [-0.2, 0) is 26.1 Å². The highest BCUT2D eigenvalue weighted by molar-refractivity contribution is 5.76. The Kier molecular flexibility index (Phi) is 12.9. The van der Waals surface area contributed by atoms with Gasteiger partial charge >= 0.3 is 0 Å². The molecule has 0 amide bonds. The summed E-state index contributed by atoms with van der Waals surface area (Å²) >= 11 is 0. The van der Waals surface area contributed by atoms with Crippen LogP contribution in [0.15, 0.2) is 67.0 Å². The minimum Gasteiger partial charge on any atom is -1.00 e. The van der Waals surface area contributed by atoms with Crippen molar-refractivity contribution in [2.45, 2.75) is 111 Å². The summed E-state index contributed by atoms with van der Waals surface area (Å²) in [4.78, 5) is 4.56. The van der Waals surface area contributed by atoms with Gasteiger partial charge in [-0.15, -0.1) is 0 Å². The lowest BCUT2D eigenvalue weighted by molar-refractivity contribution is -0.694. The van der Waals surface area contributed by atoms with E-state index in [1.807, 2.05) is 6.07 Å². The predicted molar refractivity (Wildman–Crippen MR) is 155 cm³/mol. The number of imidazole rings is 2. The average Bonchev–Trinajstić information content (AvgIpc) is 3.62. The number of hydrogen-bond donors (Lipinski definition) is 0. The van der Waals surface area contributed by atoms with Gasteiger partial charge in [-0.05, 0) is 37.0 Å². The zero-order valence-electron chi connectivity index (χ0n) is 23.6. The highest BCUT2D eigenvalue weighted by Crippen LogP contribution is 2.21. The third kappa shape index (κ3) is 8.73. The van der Waals surface area contributed by atoms with Crippen LogP contribution in [0.5, 0.6) is 0 Å². The summed E-state index contributed by atoms with van der Waals surface area (Å²) < 4.78 is 7.09. The van der Waals surface area contributed by atoms with E-state index < -0.39 is 0 Å². The Hall–Kier alpha value is -2.59. The van der Waals surface area contributed by atoms with E-state index >= 15 is 0 Å². The van der Waals surface area contributed by atoms with Crippen LogP contribution in [0.2, 0.25) is 0 Å². The molecule has 2 aromatic heterocycles. The first-order valence-corrected chi connectivity index (χ1v) is 14.8. The first-order valence-electron chi connectivity index (χ1n) is 14.8. The first kappa shape index (κ1) is 30.0. The minimum absolute atomic E-state index is 0. The zero-order chi connectivity index (χ0) is 25.7. The highest BCUT2D eigenvalue weighted by atomic mass is 35.5. The van der Waals surface area contributed by atoms with Crippen LogP contribution in [0.25, 0.3) is 11.0 Å². The number of nitrogens with zero attached hydrogens (tertiary/aromatic N) is 4. The van der Waals surface area contributed by atoms with E-state index in [0.717, 1.165) is 31.6 Å². The molecule has 5 rings (SSSR count). The summed E-state index contributed by atoms with van der Waals surface area (Å²) in [5.41, 5.74) is 3.81. The summed E-state index contributed by atoms with van der Waals surface area (Å²) in [5, 5.41) is 0. The number of rotatable bonds is 13. The maximum absolute atomic E-state index is 4.56. The van der Waals surface area contributed by atoms with Crippen LogP contribution in [0.3, 0.4) is 0 Å². The van der Waals surface area contributed by atoms with E-state index in [1.165, 1.54) is 93.4 Å². The Morgan fingerprint density at radius 2 is 1.47 bits per heavy atom. The Labute approximate surface area is 236 Å². The number of aromatic nitrogens is 4. The highest BCUT2D eigenvalue weighted by Gasteiger charge is 2.14. The van der Waals surface area contributed by atoms with E-state index in [2.05, 4.69) is 93.5 Å². The van der Waals surface area contributed by atoms with Gasteiger partial charge in [0.05, 0.1) is 17.6 Å². The van der Waals surface area contributed by atoms with Crippen molar-refractivity contribution in [2.24, 2.45) is 0 Å². The predicted octanol–water partition coefficient (Wildman–Crippen LogP) is 5.04. The van der Waals surface area contributed by atoms with Crippen LogP contribution >= 0.6 is 0 Å². The van der Waals surface area contributed by atoms with Crippen molar-refractivity contribution in [1.82, 2.24) is 14.1 Å². The van der Waals surface area contributed by atoms with Crippen LogP contribution in [0.4, 0.5) is 0 Å². The number of aryl methyl sites for hydroxylation is 3. The van der Waals surface area contributed by atoms with Crippen molar-refractivity contribution < 1.29 is 17.0 Å². The Morgan fingerprint density at radius 1 is 0.816 bits per heavy atom. The van der Waals surface area contributed by atoms with E-state index in [1.54, 1.807) is 0 Å². The molecule has 0 bridgehead atoms. The Morgan fingerprint density at radius 3 is 2.21 bits per heavy atom. The largest absolute Gasteiger partial charge is 1.00 e. The van der Waals surface area contributed by atoms with Crippen LogP contribution in [-0.4, -0.2) is 14.1 Å². The van der Waals surface area contributed by atoms with Crippen molar-refractivity contribution in [3.05, 3.63) is 84.2 Å². The lowest BCUT2D eigenvalue weighted by atomic mass is 10.1. The molecule has 3 heterocycles. The number of fused-ring (bicyclic) bond motifs is 3. The summed E-state index contributed by atoms with van der Waals surface area (Å²) in [5.74, 6) is 2.62. The van der Waals surface area contributed by atoms with Gasteiger partial charge in [-0.2, -0.15) is 0 Å². The quantitative estimate of drug-likeness (QED) is 0.174. The number of hydrogen-bond acceptors (Lipinski definition) is 1. The van der Waals surface area contributed by atoms with E-state index in [0.29, 0.717) is 0 Å². The minimum atomic E-state index is 0. The van der Waals surface area contributed by atoms with E-state index in [-0.39, 0.29) is 12.4 Å². The van der Waals surface area contributed by atoms with Crippen molar-refractivity contribution in [3.8, 4) is 0 Å². The molecule has 38 heavy (non-hydrogen) atoms. The molecule has 5 heteroatoms. The number of halogens is 1. The summed E-state index contributed by atoms with van der Waals surface area (Å²) in [6.07, 6.45) is 20.9. The molecule has 206 valence electrons. The van der Waals surface area contributed by atoms with E-state index in [9.17, 15) is 0 Å². The SMILES string of the molecule is CCCCCCCCCCCCn1cc[n+](Cc2ccccc2)c1C.[Cl-].c1ccc2c(c1)nc1n2CCC1.